The van der Waals surface area contributed by atoms with Gasteiger partial charge >= 0.3 is 0 Å². The highest BCUT2D eigenvalue weighted by Crippen LogP contribution is 2.36. The lowest BCUT2D eigenvalue weighted by atomic mass is 10.2. The lowest BCUT2D eigenvalue weighted by Crippen LogP contribution is -2.28. The molecule has 1 amide bonds. The van der Waals surface area contributed by atoms with E-state index in [1.807, 2.05) is 84.9 Å². The summed E-state index contributed by atoms with van der Waals surface area (Å²) in [4.78, 5) is 20.8. The van der Waals surface area contributed by atoms with Crippen molar-refractivity contribution in [2.45, 2.75) is 13.5 Å². The van der Waals surface area contributed by atoms with Crippen molar-refractivity contribution >= 4 is 34.6 Å². The van der Waals surface area contributed by atoms with Crippen molar-refractivity contribution in [1.82, 2.24) is 9.47 Å². The second kappa shape index (κ2) is 10.1. The fourth-order valence-electron chi connectivity index (χ4n) is 3.99. The third-order valence-electron chi connectivity index (χ3n) is 5.77. The minimum atomic E-state index is -0.0565. The number of carbonyl (C=O) groups is 1. The normalized spacial score (nSPS) is 15.8. The number of amidine groups is 1. The van der Waals surface area contributed by atoms with E-state index in [-0.39, 0.29) is 5.91 Å². The van der Waals surface area contributed by atoms with E-state index in [0.717, 1.165) is 34.1 Å². The topological polar surface area (TPSA) is 46.8 Å². The van der Waals surface area contributed by atoms with Gasteiger partial charge in [0.15, 0.2) is 5.17 Å². The van der Waals surface area contributed by atoms with Crippen LogP contribution in [-0.4, -0.2) is 27.7 Å². The molecule has 5 nitrogen and oxygen atoms in total. The standard InChI is InChI=1S/C29H25N3O2S/c1-21-13-16-25(32(21)24-11-7-4-8-12-24)19-27-28(33)31(20-22-14-17-26(34-2)18-15-22)29(35-27)30-23-9-5-3-6-10-23/h3-19H,20H2,1-2H3/b27-19-,30-29?. The number of hydrogen-bond donors (Lipinski definition) is 0. The average molecular weight is 480 g/mol. The van der Waals surface area contributed by atoms with E-state index in [0.29, 0.717) is 16.6 Å². The summed E-state index contributed by atoms with van der Waals surface area (Å²) in [6, 6.07) is 31.8. The number of amides is 1. The van der Waals surface area contributed by atoms with Gasteiger partial charge in [-0.2, -0.15) is 0 Å². The first kappa shape index (κ1) is 22.7. The fraction of sp³-hybridized carbons (Fsp3) is 0.103. The minimum Gasteiger partial charge on any atom is -0.497 e. The van der Waals surface area contributed by atoms with Crippen LogP contribution in [0.1, 0.15) is 17.0 Å². The van der Waals surface area contributed by atoms with Gasteiger partial charge in [-0.15, -0.1) is 0 Å². The number of hydrogen-bond acceptors (Lipinski definition) is 4. The third kappa shape index (κ3) is 4.93. The quantitative estimate of drug-likeness (QED) is 0.293. The maximum atomic E-state index is 13.6. The molecule has 6 heteroatoms. The van der Waals surface area contributed by atoms with Crippen LogP contribution in [0.25, 0.3) is 11.8 Å². The van der Waals surface area contributed by atoms with Crippen molar-refractivity contribution in [2.24, 2.45) is 4.99 Å². The van der Waals surface area contributed by atoms with E-state index in [2.05, 4.69) is 29.7 Å². The SMILES string of the molecule is COc1ccc(CN2C(=O)/C(=C/c3ccc(C)n3-c3ccccc3)SC2=Nc2ccccc2)cc1. The number of ether oxygens (including phenoxy) is 1. The molecule has 0 saturated carbocycles. The Morgan fingerprint density at radius 2 is 1.57 bits per heavy atom. The van der Waals surface area contributed by atoms with Crippen molar-refractivity contribution in [3.63, 3.8) is 0 Å². The van der Waals surface area contributed by atoms with Gasteiger partial charge in [0, 0.05) is 17.1 Å². The monoisotopic (exact) mass is 479 g/mol. The van der Waals surface area contributed by atoms with Gasteiger partial charge in [0.1, 0.15) is 5.75 Å². The maximum absolute atomic E-state index is 13.6. The van der Waals surface area contributed by atoms with Crippen LogP contribution in [0.3, 0.4) is 0 Å². The van der Waals surface area contributed by atoms with Gasteiger partial charge in [-0.25, -0.2) is 4.99 Å². The molecule has 0 atom stereocenters. The predicted molar refractivity (Wildman–Crippen MR) is 143 cm³/mol. The van der Waals surface area contributed by atoms with Gasteiger partial charge in [0.2, 0.25) is 0 Å². The highest BCUT2D eigenvalue weighted by molar-refractivity contribution is 8.18. The highest BCUT2D eigenvalue weighted by atomic mass is 32.2. The van der Waals surface area contributed by atoms with Crippen LogP contribution in [0.15, 0.2) is 107 Å². The summed E-state index contributed by atoms with van der Waals surface area (Å²) in [5, 5.41) is 0.665. The van der Waals surface area contributed by atoms with E-state index in [9.17, 15) is 4.79 Å². The average Bonchev–Trinajstić information content (AvgIpc) is 3.40. The maximum Gasteiger partial charge on any atom is 0.267 e. The molecule has 0 radical (unpaired) electrons. The van der Waals surface area contributed by atoms with Gasteiger partial charge in [-0.05, 0) is 78.9 Å². The summed E-state index contributed by atoms with van der Waals surface area (Å²) in [6.45, 7) is 2.49. The number of methoxy groups -OCH3 is 1. The molecular weight excluding hydrogens is 454 g/mol. The number of nitrogens with zero attached hydrogens (tertiary/aromatic N) is 3. The second-order valence-electron chi connectivity index (χ2n) is 8.15. The first-order valence-electron chi connectivity index (χ1n) is 11.3. The molecule has 0 spiro atoms. The summed E-state index contributed by atoms with van der Waals surface area (Å²) in [7, 11) is 1.64. The van der Waals surface area contributed by atoms with Crippen LogP contribution in [0, 0.1) is 6.92 Å². The Morgan fingerprint density at radius 3 is 2.26 bits per heavy atom. The van der Waals surface area contributed by atoms with Gasteiger partial charge in [0.05, 0.1) is 24.2 Å². The van der Waals surface area contributed by atoms with E-state index < -0.39 is 0 Å². The largest absolute Gasteiger partial charge is 0.497 e. The van der Waals surface area contributed by atoms with Gasteiger partial charge < -0.3 is 9.30 Å². The van der Waals surface area contributed by atoms with Crippen LogP contribution >= 0.6 is 11.8 Å². The van der Waals surface area contributed by atoms with Crippen LogP contribution in [-0.2, 0) is 11.3 Å². The molecule has 174 valence electrons. The molecule has 0 bridgehead atoms. The summed E-state index contributed by atoms with van der Waals surface area (Å²) in [5.74, 6) is 0.727. The Hall–Kier alpha value is -4.03. The second-order valence-corrected chi connectivity index (χ2v) is 9.16. The Bertz CT molecular complexity index is 1390. The van der Waals surface area contributed by atoms with Gasteiger partial charge in [-0.3, -0.25) is 9.69 Å². The third-order valence-corrected chi connectivity index (χ3v) is 6.77. The van der Waals surface area contributed by atoms with E-state index in [1.165, 1.54) is 11.8 Å². The Labute approximate surface area is 209 Å². The number of aryl methyl sites for hydroxylation is 1. The molecule has 2 heterocycles. The van der Waals surface area contributed by atoms with E-state index in [4.69, 9.17) is 9.73 Å². The number of aliphatic imine (C=N–C) groups is 1. The number of para-hydroxylation sites is 2. The van der Waals surface area contributed by atoms with Crippen LogP contribution in [0.2, 0.25) is 0 Å². The zero-order chi connectivity index (χ0) is 24.2. The van der Waals surface area contributed by atoms with Crippen LogP contribution in [0.4, 0.5) is 5.69 Å². The van der Waals surface area contributed by atoms with Crippen molar-refractivity contribution in [3.05, 3.63) is 119 Å². The highest BCUT2D eigenvalue weighted by Gasteiger charge is 2.33. The molecule has 0 N–H and O–H groups in total. The van der Waals surface area contributed by atoms with Crippen LogP contribution < -0.4 is 4.74 Å². The molecule has 1 aromatic heterocycles. The molecule has 1 fully saturated rings. The lowest BCUT2D eigenvalue weighted by Gasteiger charge is -2.16. The Balaban J connectivity index is 1.52. The summed E-state index contributed by atoms with van der Waals surface area (Å²) in [6.07, 6.45) is 1.96. The number of carbonyl (C=O) groups excluding carboxylic acids is 1. The molecule has 5 rings (SSSR count). The minimum absolute atomic E-state index is 0.0565. The van der Waals surface area contributed by atoms with Crippen LogP contribution in [0.5, 0.6) is 5.75 Å². The van der Waals surface area contributed by atoms with Crippen molar-refractivity contribution in [1.29, 1.82) is 0 Å². The lowest BCUT2D eigenvalue weighted by molar-refractivity contribution is -0.122. The fourth-order valence-corrected chi connectivity index (χ4v) is 4.98. The molecule has 3 aromatic carbocycles. The molecule has 35 heavy (non-hydrogen) atoms. The van der Waals surface area contributed by atoms with Crippen molar-refractivity contribution in [2.75, 3.05) is 7.11 Å². The molecule has 0 unspecified atom stereocenters. The number of rotatable bonds is 6. The zero-order valence-electron chi connectivity index (χ0n) is 19.6. The Kier molecular flexibility index (Phi) is 6.55. The van der Waals surface area contributed by atoms with E-state index in [1.54, 1.807) is 12.0 Å². The number of benzene rings is 3. The molecule has 0 aliphatic carbocycles. The predicted octanol–water partition coefficient (Wildman–Crippen LogP) is 6.60. The smallest absolute Gasteiger partial charge is 0.267 e. The summed E-state index contributed by atoms with van der Waals surface area (Å²) >= 11 is 1.41. The number of thioether (sulfide) groups is 1. The molecular formula is C29H25N3O2S. The molecule has 4 aromatic rings. The zero-order valence-corrected chi connectivity index (χ0v) is 20.4. The number of aromatic nitrogens is 1. The van der Waals surface area contributed by atoms with Gasteiger partial charge in [-0.1, -0.05) is 48.5 Å². The first-order chi connectivity index (χ1) is 17.1. The van der Waals surface area contributed by atoms with Crippen molar-refractivity contribution < 1.29 is 9.53 Å². The summed E-state index contributed by atoms with van der Waals surface area (Å²) < 4.78 is 7.43. The van der Waals surface area contributed by atoms with Gasteiger partial charge in [0.25, 0.3) is 5.91 Å². The van der Waals surface area contributed by atoms with Crippen molar-refractivity contribution in [3.8, 4) is 11.4 Å². The molecule has 1 aliphatic heterocycles. The summed E-state index contributed by atoms with van der Waals surface area (Å²) in [5.41, 5.74) is 4.93. The first-order valence-corrected chi connectivity index (χ1v) is 12.2. The molecule has 1 aliphatic rings. The molecule has 1 saturated heterocycles. The van der Waals surface area contributed by atoms with E-state index >= 15 is 0 Å². The Morgan fingerprint density at radius 1 is 0.886 bits per heavy atom.